The van der Waals surface area contributed by atoms with Gasteiger partial charge in [0, 0.05) is 48.3 Å². The third-order valence-electron chi connectivity index (χ3n) is 5.99. The number of likely N-dealkylation sites (tertiary alicyclic amines) is 1. The van der Waals surface area contributed by atoms with Crippen LogP contribution in [-0.4, -0.2) is 49.8 Å². The molecule has 0 unspecified atom stereocenters. The molecule has 3 aromatic rings. The maximum atomic E-state index is 13.9. The number of sulfonamides is 1. The highest BCUT2D eigenvalue weighted by Gasteiger charge is 2.36. The van der Waals surface area contributed by atoms with Crippen LogP contribution in [0.1, 0.15) is 20.8 Å². The number of anilines is 1. The molecule has 2 aromatic carbocycles. The van der Waals surface area contributed by atoms with Crippen LogP contribution in [0.25, 0.3) is 0 Å². The third kappa shape index (κ3) is 4.03. The molecule has 0 aliphatic carbocycles. The van der Waals surface area contributed by atoms with Crippen LogP contribution in [0.4, 0.5) is 10.1 Å². The van der Waals surface area contributed by atoms with E-state index in [4.69, 9.17) is 0 Å². The lowest BCUT2D eigenvalue weighted by Gasteiger charge is -2.46. The van der Waals surface area contributed by atoms with E-state index in [2.05, 4.69) is 21.1 Å². The van der Waals surface area contributed by atoms with Crippen molar-refractivity contribution in [1.82, 2.24) is 9.80 Å². The molecular weight excluding hydrogens is 449 g/mol. The van der Waals surface area contributed by atoms with Crippen LogP contribution in [0.2, 0.25) is 0 Å². The standard InChI is InChI=1S/C23H22FN3O3S2/c24-20-6-1-2-7-22(20)32(29,30)25-18-5-3-4-16(12-18)23(28)27-14-19(15-27)26-10-8-21-17(13-26)9-11-31-21/h1-7,9,11-12,19,25H,8,10,13-15H2. The second-order valence-corrected chi connectivity index (χ2v) is 10.7. The van der Waals surface area contributed by atoms with E-state index < -0.39 is 20.7 Å². The minimum atomic E-state index is -4.10. The molecular formula is C23H22FN3O3S2. The number of halogens is 1. The van der Waals surface area contributed by atoms with Crippen LogP contribution in [0.5, 0.6) is 0 Å². The fourth-order valence-corrected chi connectivity index (χ4v) is 6.22. The number of rotatable bonds is 5. The third-order valence-corrected chi connectivity index (χ3v) is 8.43. The first-order valence-electron chi connectivity index (χ1n) is 10.4. The topological polar surface area (TPSA) is 69.7 Å². The summed E-state index contributed by atoms with van der Waals surface area (Å²) < 4.78 is 41.4. The first-order valence-corrected chi connectivity index (χ1v) is 12.7. The summed E-state index contributed by atoms with van der Waals surface area (Å²) in [7, 11) is -4.10. The maximum Gasteiger partial charge on any atom is 0.264 e. The number of thiophene rings is 1. The number of amides is 1. The van der Waals surface area contributed by atoms with Crippen molar-refractivity contribution in [2.24, 2.45) is 0 Å². The van der Waals surface area contributed by atoms with Crippen LogP contribution >= 0.6 is 11.3 Å². The first-order chi connectivity index (χ1) is 15.4. The lowest BCUT2D eigenvalue weighted by atomic mass is 10.0. The van der Waals surface area contributed by atoms with E-state index in [1.165, 1.54) is 34.7 Å². The molecule has 1 N–H and O–H groups in total. The number of nitrogens with one attached hydrogen (secondary N) is 1. The lowest BCUT2D eigenvalue weighted by molar-refractivity contribution is 0.0221. The molecule has 6 nitrogen and oxygen atoms in total. The lowest BCUT2D eigenvalue weighted by Crippen LogP contribution is -2.61. The van der Waals surface area contributed by atoms with Crippen molar-refractivity contribution in [3.05, 3.63) is 81.8 Å². The average Bonchev–Trinajstić information content (AvgIpc) is 3.21. The normalized spacial score (nSPS) is 17.0. The summed E-state index contributed by atoms with van der Waals surface area (Å²) in [5.41, 5.74) is 2.01. The number of carbonyl (C=O) groups excluding carboxylic acids is 1. The van der Waals surface area contributed by atoms with Gasteiger partial charge >= 0.3 is 0 Å². The SMILES string of the molecule is O=C(c1cccc(NS(=O)(=O)c2ccccc2F)c1)N1CC(N2CCc3sccc3C2)C1. The zero-order valence-corrected chi connectivity index (χ0v) is 18.8. The molecule has 0 bridgehead atoms. The van der Waals surface area contributed by atoms with Crippen LogP contribution in [0.15, 0.2) is 64.9 Å². The summed E-state index contributed by atoms with van der Waals surface area (Å²) in [6.07, 6.45) is 1.06. The van der Waals surface area contributed by atoms with Crippen LogP contribution in [0.3, 0.4) is 0 Å². The molecule has 1 amide bonds. The molecule has 5 rings (SSSR count). The molecule has 2 aliphatic heterocycles. The molecule has 166 valence electrons. The quantitative estimate of drug-likeness (QED) is 0.618. The van der Waals surface area contributed by atoms with Crippen LogP contribution < -0.4 is 4.72 Å². The second-order valence-electron chi connectivity index (χ2n) is 8.07. The number of nitrogens with zero attached hydrogens (tertiary/aromatic N) is 2. The van der Waals surface area contributed by atoms with Gasteiger partial charge in [-0.3, -0.25) is 14.4 Å². The van der Waals surface area contributed by atoms with Crippen LogP contribution in [0, 0.1) is 5.82 Å². The highest BCUT2D eigenvalue weighted by atomic mass is 32.2. The number of carbonyl (C=O) groups is 1. The second kappa shape index (κ2) is 8.31. The van der Waals surface area contributed by atoms with Crippen molar-refractivity contribution in [3.63, 3.8) is 0 Å². The van der Waals surface area contributed by atoms with Gasteiger partial charge in [-0.25, -0.2) is 12.8 Å². The molecule has 0 radical (unpaired) electrons. The highest BCUT2D eigenvalue weighted by Crippen LogP contribution is 2.28. The predicted octanol–water partition coefficient (Wildman–Crippen LogP) is 3.57. The van der Waals surface area contributed by atoms with Crippen molar-refractivity contribution < 1.29 is 17.6 Å². The van der Waals surface area contributed by atoms with Gasteiger partial charge in [0.05, 0.1) is 0 Å². The summed E-state index contributed by atoms with van der Waals surface area (Å²) in [5, 5.41) is 2.14. The maximum absolute atomic E-state index is 13.9. The predicted molar refractivity (Wildman–Crippen MR) is 122 cm³/mol. The number of fused-ring (bicyclic) bond motifs is 1. The monoisotopic (exact) mass is 471 g/mol. The summed E-state index contributed by atoms with van der Waals surface area (Å²) in [4.78, 5) is 18.2. The van der Waals surface area contributed by atoms with Crippen molar-refractivity contribution >= 4 is 33.0 Å². The Hall–Kier alpha value is -2.75. The van der Waals surface area contributed by atoms with Gasteiger partial charge in [-0.1, -0.05) is 18.2 Å². The Morgan fingerprint density at radius 3 is 2.72 bits per heavy atom. The zero-order chi connectivity index (χ0) is 22.3. The Bertz CT molecular complexity index is 1270. The number of hydrogen-bond donors (Lipinski definition) is 1. The number of hydrogen-bond acceptors (Lipinski definition) is 5. The minimum Gasteiger partial charge on any atom is -0.335 e. The van der Waals surface area contributed by atoms with Gasteiger partial charge in [-0.15, -0.1) is 11.3 Å². The van der Waals surface area contributed by atoms with Gasteiger partial charge in [0.15, 0.2) is 0 Å². The van der Waals surface area contributed by atoms with E-state index >= 15 is 0 Å². The molecule has 1 aromatic heterocycles. The van der Waals surface area contributed by atoms with Crippen LogP contribution in [-0.2, 0) is 23.0 Å². The van der Waals surface area contributed by atoms with Gasteiger partial charge in [-0.05, 0) is 53.8 Å². The fourth-order valence-electron chi connectivity index (χ4n) is 4.21. The van der Waals surface area contributed by atoms with E-state index in [1.807, 2.05) is 11.3 Å². The minimum absolute atomic E-state index is 0.138. The van der Waals surface area contributed by atoms with Crippen molar-refractivity contribution in [3.8, 4) is 0 Å². The highest BCUT2D eigenvalue weighted by molar-refractivity contribution is 7.92. The summed E-state index contributed by atoms with van der Waals surface area (Å²) in [5.74, 6) is -0.965. The molecule has 0 atom stereocenters. The Labute approximate surface area is 190 Å². The molecule has 2 aliphatic rings. The molecule has 9 heteroatoms. The molecule has 32 heavy (non-hydrogen) atoms. The van der Waals surface area contributed by atoms with Crippen molar-refractivity contribution in [2.75, 3.05) is 24.4 Å². The Balaban J connectivity index is 1.23. The average molecular weight is 472 g/mol. The zero-order valence-electron chi connectivity index (χ0n) is 17.2. The number of benzene rings is 2. The van der Waals surface area contributed by atoms with Gasteiger partial charge in [0.2, 0.25) is 0 Å². The summed E-state index contributed by atoms with van der Waals surface area (Å²) in [6.45, 7) is 3.25. The van der Waals surface area contributed by atoms with Crippen molar-refractivity contribution in [1.29, 1.82) is 0 Å². The van der Waals surface area contributed by atoms with Gasteiger partial charge in [-0.2, -0.15) is 0 Å². The van der Waals surface area contributed by atoms with E-state index in [1.54, 1.807) is 23.1 Å². The molecule has 0 saturated carbocycles. The van der Waals surface area contributed by atoms with Gasteiger partial charge < -0.3 is 4.90 Å². The molecule has 1 saturated heterocycles. The van der Waals surface area contributed by atoms with Gasteiger partial charge in [0.25, 0.3) is 15.9 Å². The summed E-state index contributed by atoms with van der Waals surface area (Å²) >= 11 is 1.81. The smallest absolute Gasteiger partial charge is 0.264 e. The first kappa shape index (κ1) is 21.1. The Morgan fingerprint density at radius 1 is 1.09 bits per heavy atom. The van der Waals surface area contributed by atoms with E-state index in [9.17, 15) is 17.6 Å². The Kier molecular flexibility index (Phi) is 5.48. The fraction of sp³-hybridized carbons (Fsp3) is 0.261. The van der Waals surface area contributed by atoms with Gasteiger partial charge in [0.1, 0.15) is 10.7 Å². The largest absolute Gasteiger partial charge is 0.335 e. The molecule has 1 fully saturated rings. The van der Waals surface area contributed by atoms with E-state index in [-0.39, 0.29) is 11.6 Å². The molecule has 0 spiro atoms. The Morgan fingerprint density at radius 2 is 1.91 bits per heavy atom. The summed E-state index contributed by atoms with van der Waals surface area (Å²) in [6, 6.07) is 14.0. The van der Waals surface area contributed by atoms with E-state index in [0.717, 1.165) is 25.6 Å². The van der Waals surface area contributed by atoms with Crippen molar-refractivity contribution in [2.45, 2.75) is 23.9 Å². The van der Waals surface area contributed by atoms with E-state index in [0.29, 0.717) is 24.7 Å². The molecule has 3 heterocycles.